The quantitative estimate of drug-likeness (QED) is 0.378. The summed E-state index contributed by atoms with van der Waals surface area (Å²) in [6.45, 7) is 1.01. The van der Waals surface area contributed by atoms with Crippen molar-refractivity contribution in [2.75, 3.05) is 20.3 Å². The van der Waals surface area contributed by atoms with Crippen LogP contribution >= 0.6 is 0 Å². The third-order valence-corrected chi connectivity index (χ3v) is 10.2. The van der Waals surface area contributed by atoms with E-state index in [9.17, 15) is 24.9 Å². The predicted octanol–water partition coefficient (Wildman–Crippen LogP) is 4.05. The number of rotatable bonds is 7. The summed E-state index contributed by atoms with van der Waals surface area (Å²) in [6.07, 6.45) is 8.92. The summed E-state index contributed by atoms with van der Waals surface area (Å²) in [7, 11) is 1.51. The third kappa shape index (κ3) is 6.10. The lowest BCUT2D eigenvalue weighted by Crippen LogP contribution is -2.49. The second kappa shape index (κ2) is 12.6. The number of fused-ring (bicyclic) bond motifs is 2. The molecule has 1 aromatic rings. The van der Waals surface area contributed by atoms with Crippen LogP contribution in [0.15, 0.2) is 12.1 Å². The average molecular weight is 552 g/mol. The number of piperidine rings is 1. The summed E-state index contributed by atoms with van der Waals surface area (Å²) in [5, 5.41) is 35.1. The van der Waals surface area contributed by atoms with Crippen molar-refractivity contribution in [3.63, 3.8) is 0 Å². The summed E-state index contributed by atoms with van der Waals surface area (Å²) in [5.41, 5.74) is 0.736. The number of aryl methyl sites for hydroxylation is 1. The Hall–Kier alpha value is -2.40. The van der Waals surface area contributed by atoms with Crippen molar-refractivity contribution < 1.29 is 29.6 Å². The zero-order valence-electron chi connectivity index (χ0n) is 23.8. The summed E-state index contributed by atoms with van der Waals surface area (Å²) < 4.78 is 5.32. The van der Waals surface area contributed by atoms with Crippen molar-refractivity contribution in [2.24, 2.45) is 23.2 Å². The molecule has 3 fully saturated rings. The summed E-state index contributed by atoms with van der Waals surface area (Å²) >= 11 is 0. The predicted molar refractivity (Wildman–Crippen MR) is 152 cm³/mol. The maximum Gasteiger partial charge on any atom is 0.160 e. The van der Waals surface area contributed by atoms with Crippen molar-refractivity contribution in [1.82, 2.24) is 5.32 Å². The number of nitrogens with one attached hydrogen (secondary N) is 1. The Kier molecular flexibility index (Phi) is 9.19. The SMILES string of the molecule is COc1cc2c(cc1O)C(CCCO)C#CC1(CCC(CCC3CNC4CC(=O)CCC4C3)CC1O)C(=O)CC2. The Morgan fingerprint density at radius 1 is 1.07 bits per heavy atom. The largest absolute Gasteiger partial charge is 0.504 e. The van der Waals surface area contributed by atoms with Crippen molar-refractivity contribution in [3.05, 3.63) is 23.3 Å². The topological polar surface area (TPSA) is 116 Å². The highest BCUT2D eigenvalue weighted by molar-refractivity contribution is 5.89. The van der Waals surface area contributed by atoms with Crippen LogP contribution in [0.4, 0.5) is 0 Å². The molecule has 40 heavy (non-hydrogen) atoms. The van der Waals surface area contributed by atoms with Gasteiger partial charge in [0.25, 0.3) is 0 Å². The average Bonchev–Trinajstić information content (AvgIpc) is 3.00. The van der Waals surface area contributed by atoms with Crippen LogP contribution in [0.2, 0.25) is 0 Å². The van der Waals surface area contributed by atoms with E-state index >= 15 is 0 Å². The molecule has 7 unspecified atom stereocenters. The first-order valence-electron chi connectivity index (χ1n) is 15.3. The Bertz CT molecular complexity index is 1150. The van der Waals surface area contributed by atoms with Crippen molar-refractivity contribution in [1.29, 1.82) is 0 Å². The van der Waals surface area contributed by atoms with E-state index in [4.69, 9.17) is 4.74 Å². The Balaban J connectivity index is 1.27. The van der Waals surface area contributed by atoms with Gasteiger partial charge < -0.3 is 25.4 Å². The minimum Gasteiger partial charge on any atom is -0.504 e. The maximum atomic E-state index is 13.7. The molecule has 1 spiro atoms. The lowest BCUT2D eigenvalue weighted by molar-refractivity contribution is -0.134. The minimum absolute atomic E-state index is 0.00104. The molecule has 1 saturated heterocycles. The van der Waals surface area contributed by atoms with Crippen molar-refractivity contribution in [2.45, 2.75) is 102 Å². The normalized spacial score (nSPS) is 34.1. The van der Waals surface area contributed by atoms with Gasteiger partial charge in [-0.1, -0.05) is 18.3 Å². The van der Waals surface area contributed by atoms with E-state index in [0.29, 0.717) is 73.9 Å². The second-order valence-corrected chi connectivity index (χ2v) is 12.7. The van der Waals surface area contributed by atoms with E-state index in [-0.39, 0.29) is 30.5 Å². The minimum atomic E-state index is -1.06. The van der Waals surface area contributed by atoms with Gasteiger partial charge in [-0.05, 0) is 105 Å². The molecule has 0 amide bonds. The number of phenolic OH excluding ortho intramolecular Hbond substituents is 1. The number of Topliss-reactive ketones (excluding diaryl/α,β-unsaturated/α-hetero) is 2. The number of hydrogen-bond acceptors (Lipinski definition) is 7. The fraction of sp³-hybridized carbons (Fsp3) is 0.697. The summed E-state index contributed by atoms with van der Waals surface area (Å²) in [4.78, 5) is 25.5. The van der Waals surface area contributed by atoms with Gasteiger partial charge in [-0.3, -0.25) is 9.59 Å². The van der Waals surface area contributed by atoms with Gasteiger partial charge in [0.05, 0.1) is 13.2 Å². The number of benzene rings is 1. The number of phenols is 1. The molecular formula is C33H45NO6. The maximum absolute atomic E-state index is 13.7. The van der Waals surface area contributed by atoms with E-state index in [1.165, 1.54) is 13.5 Å². The van der Waals surface area contributed by atoms with Crippen LogP contribution in [0.25, 0.3) is 0 Å². The molecule has 1 aliphatic heterocycles. The molecule has 2 saturated carbocycles. The molecule has 1 aromatic carbocycles. The van der Waals surface area contributed by atoms with E-state index in [0.717, 1.165) is 49.8 Å². The van der Waals surface area contributed by atoms with Crippen LogP contribution in [0.5, 0.6) is 11.5 Å². The molecule has 0 radical (unpaired) electrons. The van der Waals surface area contributed by atoms with Crippen molar-refractivity contribution >= 4 is 11.6 Å². The van der Waals surface area contributed by atoms with Crippen LogP contribution < -0.4 is 10.1 Å². The van der Waals surface area contributed by atoms with Gasteiger partial charge in [0, 0.05) is 37.8 Å². The number of methoxy groups -OCH3 is 1. The summed E-state index contributed by atoms with van der Waals surface area (Å²) in [6, 6.07) is 3.85. The van der Waals surface area contributed by atoms with Crippen LogP contribution in [-0.2, 0) is 16.0 Å². The monoisotopic (exact) mass is 551 g/mol. The first-order chi connectivity index (χ1) is 19.3. The molecule has 3 aliphatic carbocycles. The molecule has 7 atom stereocenters. The fourth-order valence-corrected chi connectivity index (χ4v) is 7.76. The van der Waals surface area contributed by atoms with Crippen LogP contribution in [-0.4, -0.2) is 59.3 Å². The molecule has 0 aromatic heterocycles. The highest BCUT2D eigenvalue weighted by atomic mass is 16.5. The number of ketones is 2. The lowest BCUT2D eigenvalue weighted by Gasteiger charge is -2.42. The highest BCUT2D eigenvalue weighted by Crippen LogP contribution is 2.45. The summed E-state index contributed by atoms with van der Waals surface area (Å²) in [5.74, 6) is 8.78. The molecule has 4 aliphatic rings. The number of carbonyl (C=O) groups excluding carboxylic acids is 2. The number of hydrogen-bond donors (Lipinski definition) is 4. The second-order valence-electron chi connectivity index (χ2n) is 12.7. The standard InChI is InChI=1S/C33H45NO6/c1-40-30-17-24-7-9-31(38)33(13-11-23(3-2-14-35)27(24)19-29(30)37)12-10-21(16-32(33)39)4-5-22-15-25-6-8-26(36)18-28(25)34-20-22/h17,19,21-23,25,28,32,34-35,37,39H,2-10,12,14-16,18,20H2,1H3. The lowest BCUT2D eigenvalue weighted by atomic mass is 9.64. The highest BCUT2D eigenvalue weighted by Gasteiger charge is 2.47. The Labute approximate surface area is 238 Å². The molecular weight excluding hydrogens is 506 g/mol. The van der Waals surface area contributed by atoms with Crippen LogP contribution in [0.1, 0.15) is 94.1 Å². The Morgan fingerprint density at radius 2 is 1.90 bits per heavy atom. The molecule has 1 heterocycles. The van der Waals surface area contributed by atoms with Crippen molar-refractivity contribution in [3.8, 4) is 23.3 Å². The number of aliphatic hydroxyl groups excluding tert-OH is 2. The Morgan fingerprint density at radius 3 is 2.67 bits per heavy atom. The van der Waals surface area contributed by atoms with E-state index in [2.05, 4.69) is 17.2 Å². The van der Waals surface area contributed by atoms with Gasteiger partial charge in [-0.15, -0.1) is 0 Å². The van der Waals surface area contributed by atoms with Gasteiger partial charge >= 0.3 is 0 Å². The third-order valence-electron chi connectivity index (χ3n) is 10.2. The zero-order chi connectivity index (χ0) is 28.3. The van der Waals surface area contributed by atoms with Crippen LogP contribution in [0.3, 0.4) is 0 Å². The van der Waals surface area contributed by atoms with Gasteiger partial charge in [0.1, 0.15) is 11.2 Å². The van der Waals surface area contributed by atoms with E-state index < -0.39 is 11.5 Å². The number of carbonyl (C=O) groups is 2. The van der Waals surface area contributed by atoms with Gasteiger partial charge in [-0.25, -0.2) is 0 Å². The van der Waals surface area contributed by atoms with E-state index in [1.54, 1.807) is 12.1 Å². The number of aliphatic hydroxyl groups is 2. The fourth-order valence-electron chi connectivity index (χ4n) is 7.76. The molecule has 0 bridgehead atoms. The molecule has 7 heteroatoms. The van der Waals surface area contributed by atoms with Gasteiger partial charge in [-0.2, -0.15) is 0 Å². The van der Waals surface area contributed by atoms with Gasteiger partial charge in [0.2, 0.25) is 0 Å². The molecule has 218 valence electrons. The zero-order valence-corrected chi connectivity index (χ0v) is 23.8. The van der Waals surface area contributed by atoms with E-state index in [1.807, 2.05) is 0 Å². The molecule has 4 N–H and O–H groups in total. The first kappa shape index (κ1) is 29.1. The molecule has 7 nitrogen and oxygen atoms in total. The smallest absolute Gasteiger partial charge is 0.160 e. The number of aromatic hydroxyl groups is 1. The molecule has 5 rings (SSSR count). The van der Waals surface area contributed by atoms with Gasteiger partial charge in [0.15, 0.2) is 17.3 Å². The number of ether oxygens (including phenoxy) is 1. The van der Waals surface area contributed by atoms with Crippen LogP contribution in [0, 0.1) is 35.0 Å². The first-order valence-corrected chi connectivity index (χ1v) is 15.3.